The number of nitrogens with zero attached hydrogens (tertiary/aromatic N) is 3. The average molecular weight is 358 g/mol. The van der Waals surface area contributed by atoms with Crippen LogP contribution in [-0.2, 0) is 17.9 Å². The Balaban J connectivity index is 1.70. The summed E-state index contributed by atoms with van der Waals surface area (Å²) in [6.45, 7) is 5.10. The van der Waals surface area contributed by atoms with Crippen molar-refractivity contribution in [2.24, 2.45) is 0 Å². The minimum Gasteiger partial charge on any atom is -0.337 e. The second-order valence-electron chi connectivity index (χ2n) is 6.86. The first-order valence-electron chi connectivity index (χ1n) is 9.42. The first-order chi connectivity index (χ1) is 12.7. The molecular formula is C20H27FN4O. The number of hydrogen-bond donors (Lipinski definition) is 1. The van der Waals surface area contributed by atoms with E-state index >= 15 is 0 Å². The summed E-state index contributed by atoms with van der Waals surface area (Å²) in [5.74, 6) is 0.100. The Kier molecular flexibility index (Phi) is 6.39. The van der Waals surface area contributed by atoms with Gasteiger partial charge in [-0.25, -0.2) is 4.39 Å². The Hall–Kier alpha value is -2.21. The molecule has 1 aliphatic rings. The predicted molar refractivity (Wildman–Crippen MR) is 99.2 cm³/mol. The summed E-state index contributed by atoms with van der Waals surface area (Å²) in [5.41, 5.74) is 1.65. The summed E-state index contributed by atoms with van der Waals surface area (Å²) < 4.78 is 15.8. The molecule has 0 aliphatic carbocycles. The van der Waals surface area contributed by atoms with Crippen LogP contribution in [0.2, 0.25) is 0 Å². The standard InChI is InChI=1S/C20H27FN4O/c1-2-12-24(14-17-6-3-4-8-18(17)21)20(26)15-25-19(9-11-23-25)16-7-5-10-22-13-16/h3-4,6,8-9,11,16,22H,2,5,7,10,12-15H2,1H3/t16-/m0/s1. The lowest BCUT2D eigenvalue weighted by Crippen LogP contribution is -2.36. The van der Waals surface area contributed by atoms with Crippen molar-refractivity contribution in [3.63, 3.8) is 0 Å². The minimum atomic E-state index is -0.269. The van der Waals surface area contributed by atoms with Gasteiger partial charge in [0, 0.05) is 43.0 Å². The largest absolute Gasteiger partial charge is 0.337 e. The molecule has 1 aliphatic heterocycles. The van der Waals surface area contributed by atoms with Crippen LogP contribution >= 0.6 is 0 Å². The summed E-state index contributed by atoms with van der Waals surface area (Å²) in [6.07, 6.45) is 4.84. The van der Waals surface area contributed by atoms with E-state index in [1.54, 1.807) is 29.3 Å². The maximum absolute atomic E-state index is 14.0. The highest BCUT2D eigenvalue weighted by Gasteiger charge is 2.22. The van der Waals surface area contributed by atoms with Crippen LogP contribution in [0.5, 0.6) is 0 Å². The molecule has 1 atom stereocenters. The number of carbonyl (C=O) groups excluding carboxylic acids is 1. The van der Waals surface area contributed by atoms with Crippen molar-refractivity contribution in [2.75, 3.05) is 19.6 Å². The van der Waals surface area contributed by atoms with E-state index in [2.05, 4.69) is 10.4 Å². The number of carbonyl (C=O) groups is 1. The normalized spacial score (nSPS) is 17.2. The van der Waals surface area contributed by atoms with Crippen LogP contribution in [0, 0.1) is 5.82 Å². The highest BCUT2D eigenvalue weighted by Crippen LogP contribution is 2.23. The third kappa shape index (κ3) is 4.49. The van der Waals surface area contributed by atoms with Gasteiger partial charge in [0.2, 0.25) is 5.91 Å². The van der Waals surface area contributed by atoms with Gasteiger partial charge in [0.15, 0.2) is 0 Å². The van der Waals surface area contributed by atoms with E-state index in [0.717, 1.165) is 38.0 Å². The number of benzene rings is 1. The Morgan fingerprint density at radius 1 is 1.38 bits per heavy atom. The van der Waals surface area contributed by atoms with Gasteiger partial charge < -0.3 is 10.2 Å². The lowest BCUT2D eigenvalue weighted by atomic mass is 9.96. The molecule has 0 bridgehead atoms. The van der Waals surface area contributed by atoms with Crippen molar-refractivity contribution in [2.45, 2.75) is 45.2 Å². The Morgan fingerprint density at radius 2 is 2.23 bits per heavy atom. The number of rotatable bonds is 7. The second kappa shape index (κ2) is 8.94. The van der Waals surface area contributed by atoms with E-state index < -0.39 is 0 Å². The number of aromatic nitrogens is 2. The number of nitrogens with one attached hydrogen (secondary N) is 1. The molecule has 0 spiro atoms. The summed E-state index contributed by atoms with van der Waals surface area (Å²) in [4.78, 5) is 14.6. The molecule has 5 nitrogen and oxygen atoms in total. The molecule has 2 heterocycles. The highest BCUT2D eigenvalue weighted by molar-refractivity contribution is 5.76. The van der Waals surface area contributed by atoms with Crippen LogP contribution in [0.15, 0.2) is 36.5 Å². The lowest BCUT2D eigenvalue weighted by molar-refractivity contribution is -0.132. The third-order valence-electron chi connectivity index (χ3n) is 4.91. The van der Waals surface area contributed by atoms with Gasteiger partial charge in [-0.2, -0.15) is 5.10 Å². The van der Waals surface area contributed by atoms with E-state index in [1.165, 1.54) is 6.07 Å². The SMILES string of the molecule is CCCN(Cc1ccccc1F)C(=O)Cn1nccc1[C@H]1CCCNC1. The van der Waals surface area contributed by atoms with Gasteiger partial charge in [0.25, 0.3) is 0 Å². The fourth-order valence-corrected chi connectivity index (χ4v) is 3.55. The average Bonchev–Trinajstić information content (AvgIpc) is 3.12. The Morgan fingerprint density at radius 3 is 2.96 bits per heavy atom. The van der Waals surface area contributed by atoms with Crippen LogP contribution in [0.1, 0.15) is 43.4 Å². The maximum atomic E-state index is 14.0. The van der Waals surface area contributed by atoms with Crippen LogP contribution in [0.25, 0.3) is 0 Å². The molecule has 2 aromatic rings. The number of amides is 1. The number of halogens is 1. The van der Waals surface area contributed by atoms with Gasteiger partial charge in [0.05, 0.1) is 0 Å². The molecule has 1 amide bonds. The minimum absolute atomic E-state index is 0.0242. The maximum Gasteiger partial charge on any atom is 0.244 e. The molecule has 3 rings (SSSR count). The summed E-state index contributed by atoms with van der Waals surface area (Å²) in [5, 5.41) is 7.77. The Bertz CT molecular complexity index is 724. The third-order valence-corrected chi connectivity index (χ3v) is 4.91. The molecule has 0 unspecified atom stereocenters. The van der Waals surface area contributed by atoms with Crippen LogP contribution in [0.4, 0.5) is 4.39 Å². The summed E-state index contributed by atoms with van der Waals surface area (Å²) in [6, 6.07) is 8.64. The first-order valence-corrected chi connectivity index (χ1v) is 9.42. The fraction of sp³-hybridized carbons (Fsp3) is 0.500. The number of piperidine rings is 1. The van der Waals surface area contributed by atoms with Crippen molar-refractivity contribution < 1.29 is 9.18 Å². The lowest BCUT2D eigenvalue weighted by Gasteiger charge is -2.25. The highest BCUT2D eigenvalue weighted by atomic mass is 19.1. The molecule has 140 valence electrons. The predicted octanol–water partition coefficient (Wildman–Crippen LogP) is 2.93. The molecule has 1 N–H and O–H groups in total. The summed E-state index contributed by atoms with van der Waals surface area (Å²) >= 11 is 0. The smallest absolute Gasteiger partial charge is 0.244 e. The molecule has 1 saturated heterocycles. The molecular weight excluding hydrogens is 331 g/mol. The van der Waals surface area contributed by atoms with Crippen LogP contribution in [-0.4, -0.2) is 40.2 Å². The van der Waals surface area contributed by atoms with E-state index in [4.69, 9.17) is 0 Å². The quantitative estimate of drug-likeness (QED) is 0.828. The van der Waals surface area contributed by atoms with E-state index in [-0.39, 0.29) is 18.3 Å². The molecule has 0 radical (unpaired) electrons. The molecule has 0 saturated carbocycles. The van der Waals surface area contributed by atoms with Crippen LogP contribution < -0.4 is 5.32 Å². The monoisotopic (exact) mass is 358 g/mol. The van der Waals surface area contributed by atoms with Crippen molar-refractivity contribution in [1.29, 1.82) is 0 Å². The van der Waals surface area contributed by atoms with Crippen molar-refractivity contribution >= 4 is 5.91 Å². The van der Waals surface area contributed by atoms with Crippen LogP contribution in [0.3, 0.4) is 0 Å². The van der Waals surface area contributed by atoms with Crippen molar-refractivity contribution in [3.05, 3.63) is 53.6 Å². The van der Waals surface area contributed by atoms with Gasteiger partial charge >= 0.3 is 0 Å². The van der Waals surface area contributed by atoms with E-state index in [9.17, 15) is 9.18 Å². The fourth-order valence-electron chi connectivity index (χ4n) is 3.55. The van der Waals surface area contributed by atoms with Gasteiger partial charge in [-0.05, 0) is 37.9 Å². The molecule has 1 fully saturated rings. The first kappa shape index (κ1) is 18.6. The van der Waals surface area contributed by atoms with Crippen molar-refractivity contribution in [3.8, 4) is 0 Å². The molecule has 1 aromatic heterocycles. The molecule has 6 heteroatoms. The molecule has 26 heavy (non-hydrogen) atoms. The van der Waals surface area contributed by atoms with E-state index in [0.29, 0.717) is 24.6 Å². The Labute approximate surface area is 154 Å². The van der Waals surface area contributed by atoms with Gasteiger partial charge in [-0.15, -0.1) is 0 Å². The van der Waals surface area contributed by atoms with Gasteiger partial charge in [-0.1, -0.05) is 25.1 Å². The van der Waals surface area contributed by atoms with Gasteiger partial charge in [0.1, 0.15) is 12.4 Å². The van der Waals surface area contributed by atoms with Crippen molar-refractivity contribution in [1.82, 2.24) is 20.0 Å². The summed E-state index contributed by atoms with van der Waals surface area (Å²) in [7, 11) is 0. The number of hydrogen-bond acceptors (Lipinski definition) is 3. The topological polar surface area (TPSA) is 50.2 Å². The second-order valence-corrected chi connectivity index (χ2v) is 6.86. The van der Waals surface area contributed by atoms with E-state index in [1.807, 2.05) is 17.7 Å². The zero-order valence-electron chi connectivity index (χ0n) is 15.3. The zero-order chi connectivity index (χ0) is 18.4. The molecule has 1 aromatic carbocycles. The zero-order valence-corrected chi connectivity index (χ0v) is 15.3. The van der Waals surface area contributed by atoms with Gasteiger partial charge in [-0.3, -0.25) is 9.48 Å².